The largest absolute Gasteiger partial charge is 0.490 e. The first-order chi connectivity index (χ1) is 20.4. The van der Waals surface area contributed by atoms with Crippen LogP contribution >= 0.6 is 50.9 Å². The van der Waals surface area contributed by atoms with Gasteiger partial charge in [-0.15, -0.1) is 5.10 Å². The highest BCUT2D eigenvalue weighted by Crippen LogP contribution is 2.45. The topological polar surface area (TPSA) is 78.3 Å². The van der Waals surface area contributed by atoms with Crippen molar-refractivity contribution < 1.29 is 14.3 Å². The van der Waals surface area contributed by atoms with E-state index in [0.717, 1.165) is 35.2 Å². The van der Waals surface area contributed by atoms with E-state index >= 15 is 0 Å². The summed E-state index contributed by atoms with van der Waals surface area (Å²) in [6.07, 6.45) is 2.06. The second-order valence-corrected chi connectivity index (χ2v) is 12.5. The van der Waals surface area contributed by atoms with Gasteiger partial charge in [-0.05, 0) is 71.1 Å². The average Bonchev–Trinajstić information content (AvgIpc) is 3.39. The SMILES string of the molecule is CCOc1cc(C2C3=C(CCCC3=O)Nc3nc(SCc4ccccc4Cl)nn32)cc(Br)c1OCc1ccccc1Cl. The number of ketones is 1. The summed E-state index contributed by atoms with van der Waals surface area (Å²) in [4.78, 5) is 18.2. The van der Waals surface area contributed by atoms with Gasteiger partial charge in [0, 0.05) is 39.1 Å². The molecule has 11 heteroatoms. The lowest BCUT2D eigenvalue weighted by Gasteiger charge is -2.32. The maximum atomic E-state index is 13.4. The Labute approximate surface area is 266 Å². The Hall–Kier alpha value is -2.98. The highest BCUT2D eigenvalue weighted by atomic mass is 79.9. The van der Waals surface area contributed by atoms with Crippen LogP contribution in [0.4, 0.5) is 5.95 Å². The molecule has 0 fully saturated rings. The molecule has 1 aliphatic heterocycles. The van der Waals surface area contributed by atoms with Crippen molar-refractivity contribution in [2.45, 2.75) is 49.7 Å². The molecule has 2 aliphatic rings. The van der Waals surface area contributed by atoms with E-state index in [1.807, 2.05) is 67.6 Å². The number of aromatic nitrogens is 3. The third-order valence-corrected chi connectivity index (χ3v) is 9.35. The average molecular weight is 686 g/mol. The van der Waals surface area contributed by atoms with Gasteiger partial charge in [-0.1, -0.05) is 71.4 Å². The molecule has 4 aromatic rings. The van der Waals surface area contributed by atoms with Crippen molar-refractivity contribution in [1.29, 1.82) is 0 Å². The molecule has 2 heterocycles. The lowest BCUT2D eigenvalue weighted by Crippen LogP contribution is -2.31. The van der Waals surface area contributed by atoms with Crippen molar-refractivity contribution in [3.05, 3.63) is 103 Å². The highest BCUT2D eigenvalue weighted by molar-refractivity contribution is 9.10. The van der Waals surface area contributed by atoms with Crippen LogP contribution < -0.4 is 14.8 Å². The minimum absolute atomic E-state index is 0.105. The fourth-order valence-corrected chi connectivity index (χ4v) is 7.06. The number of hydrogen-bond donors (Lipinski definition) is 1. The van der Waals surface area contributed by atoms with Crippen LogP contribution in [0.1, 0.15) is 48.9 Å². The van der Waals surface area contributed by atoms with Crippen molar-refractivity contribution in [3.63, 3.8) is 0 Å². The van der Waals surface area contributed by atoms with Crippen LogP contribution in [0, 0.1) is 0 Å². The summed E-state index contributed by atoms with van der Waals surface area (Å²) in [5, 5.41) is 10.2. The van der Waals surface area contributed by atoms with E-state index < -0.39 is 6.04 Å². The minimum Gasteiger partial charge on any atom is -0.490 e. The zero-order valence-corrected chi connectivity index (χ0v) is 26.6. The lowest BCUT2D eigenvalue weighted by atomic mass is 9.85. The number of allylic oxidation sites excluding steroid dienone is 2. The van der Waals surface area contributed by atoms with E-state index in [1.165, 1.54) is 11.8 Å². The molecule has 0 saturated heterocycles. The van der Waals surface area contributed by atoms with Gasteiger partial charge in [-0.3, -0.25) is 4.79 Å². The zero-order valence-electron chi connectivity index (χ0n) is 22.7. The number of ether oxygens (including phenoxy) is 2. The molecular formula is C31H27BrCl2N4O3S. The van der Waals surface area contributed by atoms with Crippen LogP contribution in [0.5, 0.6) is 11.5 Å². The molecule has 42 heavy (non-hydrogen) atoms. The first-order valence-corrected chi connectivity index (χ1v) is 16.1. The number of hydrogen-bond acceptors (Lipinski definition) is 7. The molecule has 7 nitrogen and oxygen atoms in total. The molecule has 3 aromatic carbocycles. The second-order valence-electron chi connectivity index (χ2n) is 9.88. The second kappa shape index (κ2) is 12.7. The fraction of sp³-hybridized carbons (Fsp3) is 0.258. The van der Waals surface area contributed by atoms with Gasteiger partial charge in [0.2, 0.25) is 11.1 Å². The molecule has 0 radical (unpaired) electrons. The molecular weight excluding hydrogens is 659 g/mol. The number of nitrogens with zero attached hydrogens (tertiary/aromatic N) is 3. The Kier molecular flexibility index (Phi) is 8.81. The zero-order chi connectivity index (χ0) is 29.2. The normalized spacial score (nSPS) is 16.1. The summed E-state index contributed by atoms with van der Waals surface area (Å²) >= 11 is 18.0. The van der Waals surface area contributed by atoms with Crippen molar-refractivity contribution in [3.8, 4) is 11.5 Å². The monoisotopic (exact) mass is 684 g/mol. The number of fused-ring (bicyclic) bond motifs is 1. The van der Waals surface area contributed by atoms with Crippen molar-refractivity contribution in [2.75, 3.05) is 11.9 Å². The first kappa shape index (κ1) is 29.1. The molecule has 0 spiro atoms. The molecule has 1 unspecified atom stereocenters. The first-order valence-electron chi connectivity index (χ1n) is 13.6. The van der Waals surface area contributed by atoms with E-state index in [2.05, 4.69) is 21.2 Å². The van der Waals surface area contributed by atoms with Gasteiger partial charge in [-0.2, -0.15) is 4.98 Å². The number of halogens is 3. The quantitative estimate of drug-likeness (QED) is 0.177. The van der Waals surface area contributed by atoms with Gasteiger partial charge in [0.1, 0.15) is 12.6 Å². The fourth-order valence-electron chi connectivity index (χ4n) is 5.18. The van der Waals surface area contributed by atoms with E-state index in [1.54, 1.807) is 4.68 Å². The van der Waals surface area contributed by atoms with Crippen LogP contribution in [0.25, 0.3) is 0 Å². The Morgan fingerprint density at radius 3 is 2.52 bits per heavy atom. The third kappa shape index (κ3) is 5.93. The summed E-state index contributed by atoms with van der Waals surface area (Å²) < 4.78 is 14.8. The van der Waals surface area contributed by atoms with E-state index in [-0.39, 0.29) is 12.4 Å². The Morgan fingerprint density at radius 1 is 1.05 bits per heavy atom. The number of benzene rings is 3. The smallest absolute Gasteiger partial charge is 0.227 e. The Balaban J connectivity index is 1.37. The number of rotatable bonds is 9. The standard InChI is InChI=1S/C31H27BrCl2N4O3S/c1-2-40-26-15-20(14-21(32)29(26)41-16-18-8-3-5-10-22(18)33)28-27-24(12-7-13-25(27)39)35-30-36-31(37-38(28)30)42-17-19-9-4-6-11-23(19)34/h3-6,8-11,14-15,28H,2,7,12-13,16-17H2,1H3,(H,35,36,37). The lowest BCUT2D eigenvalue weighted by molar-refractivity contribution is -0.116. The van der Waals surface area contributed by atoms with Crippen molar-refractivity contribution >= 4 is 62.6 Å². The van der Waals surface area contributed by atoms with E-state index in [9.17, 15) is 4.79 Å². The van der Waals surface area contributed by atoms with Crippen LogP contribution in [0.3, 0.4) is 0 Å². The molecule has 1 aliphatic carbocycles. The number of thioether (sulfide) groups is 1. The maximum Gasteiger partial charge on any atom is 0.227 e. The van der Waals surface area contributed by atoms with Gasteiger partial charge >= 0.3 is 0 Å². The molecule has 216 valence electrons. The number of anilines is 1. The molecule has 1 N–H and O–H groups in total. The summed E-state index contributed by atoms with van der Waals surface area (Å²) in [7, 11) is 0. The van der Waals surface area contributed by atoms with E-state index in [4.69, 9.17) is 42.8 Å². The van der Waals surface area contributed by atoms with Gasteiger partial charge < -0.3 is 14.8 Å². The number of carbonyl (C=O) groups is 1. The summed E-state index contributed by atoms with van der Waals surface area (Å²) in [6, 6.07) is 18.7. The summed E-state index contributed by atoms with van der Waals surface area (Å²) in [5.41, 5.74) is 4.32. The van der Waals surface area contributed by atoms with Crippen LogP contribution in [-0.4, -0.2) is 27.2 Å². The van der Waals surface area contributed by atoms with E-state index in [0.29, 0.717) is 61.5 Å². The molecule has 1 aromatic heterocycles. The molecule has 1 atom stereocenters. The van der Waals surface area contributed by atoms with Crippen molar-refractivity contribution in [1.82, 2.24) is 14.8 Å². The summed E-state index contributed by atoms with van der Waals surface area (Å²) in [5.74, 6) is 2.45. The minimum atomic E-state index is -0.473. The molecule has 0 saturated carbocycles. The third-order valence-electron chi connectivity index (χ3n) is 7.14. The Bertz CT molecular complexity index is 1690. The van der Waals surface area contributed by atoms with Crippen LogP contribution in [0.15, 0.2) is 81.6 Å². The molecule has 0 amide bonds. The number of Topliss-reactive ketones (excluding diaryl/α,β-unsaturated/α-hetero) is 1. The van der Waals surface area contributed by atoms with Crippen LogP contribution in [-0.2, 0) is 17.2 Å². The number of carbonyl (C=O) groups excluding carboxylic acids is 1. The van der Waals surface area contributed by atoms with Gasteiger partial charge in [-0.25, -0.2) is 4.68 Å². The Morgan fingerprint density at radius 2 is 1.79 bits per heavy atom. The van der Waals surface area contributed by atoms with Gasteiger partial charge in [0.05, 0.1) is 11.1 Å². The van der Waals surface area contributed by atoms with Crippen LogP contribution in [0.2, 0.25) is 10.0 Å². The number of nitrogens with one attached hydrogen (secondary N) is 1. The maximum absolute atomic E-state index is 13.4. The predicted octanol–water partition coefficient (Wildman–Crippen LogP) is 8.64. The highest BCUT2D eigenvalue weighted by Gasteiger charge is 2.37. The predicted molar refractivity (Wildman–Crippen MR) is 170 cm³/mol. The molecule has 0 bridgehead atoms. The molecule has 6 rings (SSSR count). The van der Waals surface area contributed by atoms with Gasteiger partial charge in [0.15, 0.2) is 17.3 Å². The van der Waals surface area contributed by atoms with Crippen molar-refractivity contribution in [2.24, 2.45) is 0 Å². The van der Waals surface area contributed by atoms with Gasteiger partial charge in [0.25, 0.3) is 0 Å². The summed E-state index contributed by atoms with van der Waals surface area (Å²) in [6.45, 7) is 2.64.